The van der Waals surface area contributed by atoms with Crippen molar-refractivity contribution in [2.24, 2.45) is 0 Å². The molecule has 1 fully saturated rings. The molecule has 0 bridgehead atoms. The van der Waals surface area contributed by atoms with Crippen LogP contribution in [0.5, 0.6) is 5.75 Å². The summed E-state index contributed by atoms with van der Waals surface area (Å²) in [5.41, 5.74) is 0.683. The van der Waals surface area contributed by atoms with Gasteiger partial charge in [0.25, 0.3) is 17.7 Å². The van der Waals surface area contributed by atoms with Gasteiger partial charge in [0.05, 0.1) is 11.4 Å². The molecule has 1 heterocycles. The fraction of sp³-hybridized carbons (Fsp3) is 0.0400. The molecule has 0 radical (unpaired) electrons. The minimum absolute atomic E-state index is 0.0523. The van der Waals surface area contributed by atoms with Crippen LogP contribution < -0.4 is 20.3 Å². The lowest BCUT2D eigenvalue weighted by Gasteiger charge is -2.26. The number of benzene rings is 3. The number of ether oxygens (including phenoxy) is 1. The van der Waals surface area contributed by atoms with E-state index in [1.807, 2.05) is 0 Å². The van der Waals surface area contributed by atoms with Crippen LogP contribution in [0.1, 0.15) is 5.56 Å². The van der Waals surface area contributed by atoms with E-state index in [2.05, 4.69) is 10.6 Å². The number of urea groups is 1. The molecule has 5 amide bonds. The molecule has 2 N–H and O–H groups in total. The third-order valence-corrected chi connectivity index (χ3v) is 4.83. The zero-order chi connectivity index (χ0) is 24.1. The zero-order valence-electron chi connectivity index (χ0n) is 17.7. The molecule has 170 valence electrons. The number of carbonyl (C=O) groups excluding carboxylic acids is 4. The van der Waals surface area contributed by atoms with Crippen molar-refractivity contribution < 1.29 is 28.3 Å². The molecule has 9 heteroatoms. The normalized spacial score (nSPS) is 14.7. The van der Waals surface area contributed by atoms with Crippen LogP contribution in [0.2, 0.25) is 0 Å². The van der Waals surface area contributed by atoms with Crippen LogP contribution in [0.25, 0.3) is 6.08 Å². The van der Waals surface area contributed by atoms with Crippen LogP contribution in [0.4, 0.5) is 20.6 Å². The summed E-state index contributed by atoms with van der Waals surface area (Å²) in [7, 11) is 0. The van der Waals surface area contributed by atoms with Crippen LogP contribution in [0.3, 0.4) is 0 Å². The third kappa shape index (κ3) is 4.99. The van der Waals surface area contributed by atoms with Crippen molar-refractivity contribution >= 4 is 41.2 Å². The number of nitrogens with zero attached hydrogens (tertiary/aromatic N) is 1. The molecule has 4 rings (SSSR count). The Bertz CT molecular complexity index is 1290. The number of halogens is 1. The number of hydrogen-bond acceptors (Lipinski definition) is 5. The van der Waals surface area contributed by atoms with Gasteiger partial charge in [-0.15, -0.1) is 0 Å². The van der Waals surface area contributed by atoms with Crippen molar-refractivity contribution in [3.05, 3.63) is 95.8 Å². The lowest BCUT2D eigenvalue weighted by molar-refractivity contribution is -0.122. The smallest absolute Gasteiger partial charge is 0.335 e. The maximum atomic E-state index is 13.6. The van der Waals surface area contributed by atoms with E-state index in [4.69, 9.17) is 4.74 Å². The molecule has 1 aliphatic rings. The van der Waals surface area contributed by atoms with Crippen molar-refractivity contribution in [1.29, 1.82) is 0 Å². The minimum Gasteiger partial charge on any atom is -0.484 e. The Morgan fingerprint density at radius 1 is 0.941 bits per heavy atom. The van der Waals surface area contributed by atoms with Crippen molar-refractivity contribution in [1.82, 2.24) is 5.32 Å². The molecule has 0 aromatic heterocycles. The van der Waals surface area contributed by atoms with E-state index < -0.39 is 29.6 Å². The van der Waals surface area contributed by atoms with Crippen molar-refractivity contribution in [2.75, 3.05) is 16.8 Å². The van der Waals surface area contributed by atoms with Gasteiger partial charge in [-0.3, -0.25) is 19.7 Å². The largest absolute Gasteiger partial charge is 0.484 e. The van der Waals surface area contributed by atoms with Gasteiger partial charge in [0.15, 0.2) is 6.61 Å². The van der Waals surface area contributed by atoms with Gasteiger partial charge in [-0.05, 0) is 48.0 Å². The van der Waals surface area contributed by atoms with Crippen LogP contribution >= 0.6 is 0 Å². The monoisotopic (exact) mass is 459 g/mol. The first kappa shape index (κ1) is 22.4. The fourth-order valence-electron chi connectivity index (χ4n) is 3.19. The molecular weight excluding hydrogens is 441 g/mol. The highest BCUT2D eigenvalue weighted by Crippen LogP contribution is 2.22. The molecule has 3 aromatic carbocycles. The summed E-state index contributed by atoms with van der Waals surface area (Å²) < 4.78 is 19.0. The standard InChI is InChI=1S/C25H18FN3O5/c26-20-8-4-5-9-21(20)27-22(30)15-34-18-12-10-16(11-13-18)14-19-23(31)28-25(33)29(24(19)32)17-6-2-1-3-7-17/h1-14H,15H2,(H,27,30)(H,28,31,33)/b19-14-. The maximum absolute atomic E-state index is 13.6. The second-order valence-corrected chi connectivity index (χ2v) is 7.18. The average Bonchev–Trinajstić information content (AvgIpc) is 2.83. The zero-order valence-corrected chi connectivity index (χ0v) is 17.7. The number of carbonyl (C=O) groups is 4. The van der Waals surface area contributed by atoms with Crippen molar-refractivity contribution in [3.8, 4) is 5.75 Å². The van der Waals surface area contributed by atoms with E-state index in [0.717, 1.165) is 4.90 Å². The van der Waals surface area contributed by atoms with Gasteiger partial charge in [0.2, 0.25) is 0 Å². The summed E-state index contributed by atoms with van der Waals surface area (Å²) in [6.45, 7) is -0.343. The number of barbiturate groups is 1. The summed E-state index contributed by atoms with van der Waals surface area (Å²) in [6.07, 6.45) is 1.36. The van der Waals surface area contributed by atoms with Gasteiger partial charge < -0.3 is 10.1 Å². The van der Waals surface area contributed by atoms with Crippen molar-refractivity contribution in [3.63, 3.8) is 0 Å². The lowest BCUT2D eigenvalue weighted by atomic mass is 10.1. The SMILES string of the molecule is O=C(COc1ccc(/C=C2/C(=O)NC(=O)N(c3ccccc3)C2=O)cc1)Nc1ccccc1F. The van der Waals surface area contributed by atoms with Gasteiger partial charge in [-0.2, -0.15) is 0 Å². The van der Waals surface area contributed by atoms with Crippen molar-refractivity contribution in [2.45, 2.75) is 0 Å². The predicted octanol–water partition coefficient (Wildman–Crippen LogP) is 3.51. The summed E-state index contributed by atoms with van der Waals surface area (Å²) in [6, 6.07) is 19.5. The molecule has 0 saturated carbocycles. The Morgan fingerprint density at radius 3 is 2.32 bits per heavy atom. The average molecular weight is 459 g/mol. The summed E-state index contributed by atoms with van der Waals surface area (Å²) in [4.78, 5) is 50.2. The first-order valence-electron chi connectivity index (χ1n) is 10.2. The molecule has 8 nitrogen and oxygen atoms in total. The predicted molar refractivity (Wildman–Crippen MR) is 122 cm³/mol. The van der Waals surface area contributed by atoms with Crippen LogP contribution in [0, 0.1) is 5.82 Å². The molecule has 0 aliphatic carbocycles. The topological polar surface area (TPSA) is 105 Å². The summed E-state index contributed by atoms with van der Waals surface area (Å²) in [5.74, 6) is -2.28. The molecule has 0 unspecified atom stereocenters. The van der Waals surface area contributed by atoms with E-state index in [-0.39, 0.29) is 17.9 Å². The van der Waals surface area contributed by atoms with Gasteiger partial charge in [0, 0.05) is 0 Å². The molecule has 1 saturated heterocycles. The molecule has 0 spiro atoms. The van der Waals surface area contributed by atoms with Gasteiger partial charge >= 0.3 is 6.03 Å². The fourth-order valence-corrected chi connectivity index (χ4v) is 3.19. The van der Waals surface area contributed by atoms with Crippen LogP contribution in [-0.2, 0) is 14.4 Å². The molecule has 34 heavy (non-hydrogen) atoms. The Kier molecular flexibility index (Phi) is 6.45. The number of rotatable bonds is 6. The van der Waals surface area contributed by atoms with Gasteiger partial charge in [0.1, 0.15) is 17.1 Å². The van der Waals surface area contributed by atoms with Gasteiger partial charge in [-0.1, -0.05) is 42.5 Å². The van der Waals surface area contributed by atoms with Gasteiger partial charge in [-0.25, -0.2) is 14.1 Å². The quantitative estimate of drug-likeness (QED) is 0.434. The Hall–Kier alpha value is -4.79. The number of para-hydroxylation sites is 2. The van der Waals surface area contributed by atoms with E-state index in [9.17, 15) is 23.6 Å². The van der Waals surface area contributed by atoms with Crippen LogP contribution in [0.15, 0.2) is 84.4 Å². The Balaban J connectivity index is 1.43. The highest BCUT2D eigenvalue weighted by Gasteiger charge is 2.36. The second kappa shape index (κ2) is 9.78. The summed E-state index contributed by atoms with van der Waals surface area (Å²) >= 11 is 0. The Morgan fingerprint density at radius 2 is 1.62 bits per heavy atom. The molecule has 1 aliphatic heterocycles. The number of nitrogens with one attached hydrogen (secondary N) is 2. The minimum atomic E-state index is -0.823. The first-order chi connectivity index (χ1) is 16.4. The van der Waals surface area contributed by atoms with E-state index >= 15 is 0 Å². The molecule has 0 atom stereocenters. The number of anilines is 2. The molecular formula is C25H18FN3O5. The first-order valence-corrected chi connectivity index (χ1v) is 10.2. The van der Waals surface area contributed by atoms with E-state index in [1.165, 1.54) is 24.3 Å². The number of hydrogen-bond donors (Lipinski definition) is 2. The Labute approximate surface area is 193 Å². The third-order valence-electron chi connectivity index (χ3n) is 4.83. The van der Waals surface area contributed by atoms with E-state index in [1.54, 1.807) is 60.7 Å². The number of imide groups is 2. The number of amides is 5. The lowest BCUT2D eigenvalue weighted by Crippen LogP contribution is -2.54. The highest BCUT2D eigenvalue weighted by atomic mass is 19.1. The van der Waals surface area contributed by atoms with E-state index in [0.29, 0.717) is 17.0 Å². The molecule has 3 aromatic rings. The van der Waals surface area contributed by atoms with Crippen LogP contribution in [-0.4, -0.2) is 30.4 Å². The highest BCUT2D eigenvalue weighted by molar-refractivity contribution is 6.39. The summed E-state index contributed by atoms with van der Waals surface area (Å²) in [5, 5.41) is 4.57. The maximum Gasteiger partial charge on any atom is 0.335 e. The second-order valence-electron chi connectivity index (χ2n) is 7.18.